The molecule has 0 radical (unpaired) electrons. The Kier molecular flexibility index (Phi) is 6.89. The van der Waals surface area contributed by atoms with Gasteiger partial charge in [-0.1, -0.05) is 30.7 Å². The normalized spacial score (nSPS) is 24.6. The summed E-state index contributed by atoms with van der Waals surface area (Å²) in [5.41, 5.74) is 1.15. The first kappa shape index (κ1) is 23.6. The number of carbonyl (C=O) groups excluding carboxylic acids is 1. The second-order valence-corrected chi connectivity index (χ2v) is 12.2. The average Bonchev–Trinajstić information content (AvgIpc) is 2.91. The van der Waals surface area contributed by atoms with Crippen molar-refractivity contribution in [3.63, 3.8) is 0 Å². The molecule has 1 saturated heterocycles. The van der Waals surface area contributed by atoms with E-state index in [-0.39, 0.29) is 41.1 Å². The van der Waals surface area contributed by atoms with Crippen molar-refractivity contribution in [1.82, 2.24) is 4.31 Å². The molecule has 6 nitrogen and oxygen atoms in total. The molecule has 0 N–H and O–H groups in total. The second kappa shape index (κ2) is 9.35. The monoisotopic (exact) mass is 494 g/mol. The number of thioether (sulfide) groups is 1. The minimum absolute atomic E-state index is 0.0443. The fourth-order valence-electron chi connectivity index (χ4n) is 4.15. The first-order valence-electron chi connectivity index (χ1n) is 10.7. The summed E-state index contributed by atoms with van der Waals surface area (Å²) in [5.74, 6) is -0.232. The van der Waals surface area contributed by atoms with Crippen LogP contribution in [0.1, 0.15) is 37.6 Å². The van der Waals surface area contributed by atoms with Crippen molar-refractivity contribution in [1.29, 1.82) is 0 Å². The number of halogens is 1. The standard InChI is InChI=1S/C23H27ClN2O4S2/c1-15-13-25(14-16(2)30-15)32(28,29)22-12-18(8-9-19(22)24)23(27)26-11-10-17(3)31-21-7-5-4-6-20(21)26/h4-9,12,15-17H,10-11,13-14H2,1-3H3/t15-,16-,17+/m1/s1. The Morgan fingerprint density at radius 1 is 1.09 bits per heavy atom. The summed E-state index contributed by atoms with van der Waals surface area (Å²) in [4.78, 5) is 16.3. The van der Waals surface area contributed by atoms with Gasteiger partial charge in [0.1, 0.15) is 4.90 Å². The lowest BCUT2D eigenvalue weighted by Gasteiger charge is -2.34. The van der Waals surface area contributed by atoms with Gasteiger partial charge in [-0.2, -0.15) is 4.31 Å². The zero-order valence-electron chi connectivity index (χ0n) is 18.3. The van der Waals surface area contributed by atoms with Crippen LogP contribution >= 0.6 is 23.4 Å². The number of hydrogen-bond acceptors (Lipinski definition) is 5. The van der Waals surface area contributed by atoms with Crippen LogP contribution in [0.4, 0.5) is 5.69 Å². The third-order valence-corrected chi connectivity index (χ3v) is 9.22. The van der Waals surface area contributed by atoms with Gasteiger partial charge in [-0.15, -0.1) is 11.8 Å². The van der Waals surface area contributed by atoms with Crippen molar-refractivity contribution in [3.05, 3.63) is 53.1 Å². The van der Waals surface area contributed by atoms with Gasteiger partial charge in [0, 0.05) is 35.3 Å². The fourth-order valence-corrected chi connectivity index (χ4v) is 7.36. The quantitative estimate of drug-likeness (QED) is 0.620. The van der Waals surface area contributed by atoms with E-state index in [9.17, 15) is 13.2 Å². The van der Waals surface area contributed by atoms with Gasteiger partial charge >= 0.3 is 0 Å². The van der Waals surface area contributed by atoms with Gasteiger partial charge in [0.15, 0.2) is 0 Å². The second-order valence-electron chi connectivity index (χ2n) is 8.37. The molecule has 2 aromatic carbocycles. The molecule has 4 rings (SSSR count). The highest BCUT2D eigenvalue weighted by atomic mass is 35.5. The molecule has 2 aliphatic heterocycles. The molecule has 0 spiro atoms. The number of fused-ring (bicyclic) bond motifs is 1. The summed E-state index contributed by atoms with van der Waals surface area (Å²) in [6.45, 7) is 6.89. The number of nitrogens with zero attached hydrogens (tertiary/aromatic N) is 2. The molecule has 2 heterocycles. The zero-order chi connectivity index (χ0) is 23.0. The Hall–Kier alpha value is -1.58. The molecule has 0 aromatic heterocycles. The molecular weight excluding hydrogens is 468 g/mol. The lowest BCUT2D eigenvalue weighted by Crippen LogP contribution is -2.48. The minimum atomic E-state index is -3.88. The molecule has 2 aromatic rings. The van der Waals surface area contributed by atoms with E-state index in [2.05, 4.69) is 6.92 Å². The van der Waals surface area contributed by atoms with Gasteiger partial charge < -0.3 is 9.64 Å². The summed E-state index contributed by atoms with van der Waals surface area (Å²) in [7, 11) is -3.88. The van der Waals surface area contributed by atoms with Crippen LogP contribution in [-0.4, -0.2) is 55.7 Å². The van der Waals surface area contributed by atoms with E-state index < -0.39 is 10.0 Å². The first-order chi connectivity index (χ1) is 15.2. The van der Waals surface area contributed by atoms with Crippen LogP contribution in [0.2, 0.25) is 5.02 Å². The number of benzene rings is 2. The molecule has 9 heteroatoms. The van der Waals surface area contributed by atoms with Crippen molar-refractivity contribution in [3.8, 4) is 0 Å². The number of para-hydroxylation sites is 1. The van der Waals surface area contributed by atoms with Crippen molar-refractivity contribution in [2.45, 2.75) is 54.4 Å². The van der Waals surface area contributed by atoms with E-state index >= 15 is 0 Å². The average molecular weight is 495 g/mol. The van der Waals surface area contributed by atoms with E-state index in [1.807, 2.05) is 38.1 Å². The van der Waals surface area contributed by atoms with Gasteiger partial charge in [-0.25, -0.2) is 8.42 Å². The maximum atomic E-state index is 13.5. The topological polar surface area (TPSA) is 66.9 Å². The molecule has 0 bridgehead atoms. The largest absolute Gasteiger partial charge is 0.373 e. The van der Waals surface area contributed by atoms with E-state index in [1.54, 1.807) is 22.7 Å². The fraction of sp³-hybridized carbons (Fsp3) is 0.435. The van der Waals surface area contributed by atoms with Gasteiger partial charge in [0.25, 0.3) is 5.91 Å². The smallest absolute Gasteiger partial charge is 0.258 e. The van der Waals surface area contributed by atoms with Crippen molar-refractivity contribution < 1.29 is 17.9 Å². The summed E-state index contributed by atoms with van der Waals surface area (Å²) >= 11 is 8.07. The molecule has 0 saturated carbocycles. The van der Waals surface area contributed by atoms with E-state index in [4.69, 9.17) is 16.3 Å². The molecule has 1 amide bonds. The third-order valence-electron chi connectivity index (χ3n) is 5.67. The lowest BCUT2D eigenvalue weighted by atomic mass is 10.1. The summed E-state index contributed by atoms with van der Waals surface area (Å²) in [6.07, 6.45) is 0.406. The summed E-state index contributed by atoms with van der Waals surface area (Å²) in [6, 6.07) is 12.3. The Bertz CT molecular complexity index is 1110. The number of morpholine rings is 1. The highest BCUT2D eigenvalue weighted by Gasteiger charge is 2.34. The van der Waals surface area contributed by atoms with Crippen LogP contribution in [-0.2, 0) is 14.8 Å². The lowest BCUT2D eigenvalue weighted by molar-refractivity contribution is -0.0440. The van der Waals surface area contributed by atoms with Crippen LogP contribution in [0.3, 0.4) is 0 Å². The Balaban J connectivity index is 1.69. The number of sulfonamides is 1. The number of ether oxygens (including phenoxy) is 1. The number of anilines is 1. The molecule has 3 atom stereocenters. The highest BCUT2D eigenvalue weighted by molar-refractivity contribution is 8.00. The molecule has 1 fully saturated rings. The molecule has 172 valence electrons. The Morgan fingerprint density at radius 2 is 1.78 bits per heavy atom. The van der Waals surface area contributed by atoms with Crippen LogP contribution in [0.15, 0.2) is 52.3 Å². The minimum Gasteiger partial charge on any atom is -0.373 e. The van der Waals surface area contributed by atoms with Gasteiger partial charge in [-0.3, -0.25) is 4.79 Å². The van der Waals surface area contributed by atoms with Crippen molar-refractivity contribution in [2.75, 3.05) is 24.5 Å². The van der Waals surface area contributed by atoms with Gasteiger partial charge in [-0.05, 0) is 50.6 Å². The summed E-state index contributed by atoms with van der Waals surface area (Å²) in [5, 5.41) is 0.481. The molecule has 0 aliphatic carbocycles. The first-order valence-corrected chi connectivity index (χ1v) is 13.4. The van der Waals surface area contributed by atoms with E-state index in [1.165, 1.54) is 16.4 Å². The highest BCUT2D eigenvalue weighted by Crippen LogP contribution is 2.38. The van der Waals surface area contributed by atoms with Gasteiger partial charge in [0.05, 0.1) is 22.9 Å². The number of amides is 1. The molecule has 2 aliphatic rings. The Morgan fingerprint density at radius 3 is 2.50 bits per heavy atom. The van der Waals surface area contributed by atoms with E-state index in [0.29, 0.717) is 17.4 Å². The van der Waals surface area contributed by atoms with Crippen molar-refractivity contribution >= 4 is 45.0 Å². The SMILES string of the molecule is C[C@@H]1CN(S(=O)(=O)c2cc(C(=O)N3CC[C@H](C)Sc4ccccc43)ccc2Cl)C[C@@H](C)O1. The Labute approximate surface area is 198 Å². The third kappa shape index (κ3) is 4.70. The molecular formula is C23H27ClN2O4S2. The summed E-state index contributed by atoms with van der Waals surface area (Å²) < 4.78 is 33.9. The molecule has 0 unspecified atom stereocenters. The van der Waals surface area contributed by atoms with Crippen LogP contribution in [0.5, 0.6) is 0 Å². The number of rotatable bonds is 3. The van der Waals surface area contributed by atoms with Crippen LogP contribution < -0.4 is 4.90 Å². The number of carbonyl (C=O) groups is 1. The predicted molar refractivity (Wildman–Crippen MR) is 128 cm³/mol. The maximum absolute atomic E-state index is 13.5. The maximum Gasteiger partial charge on any atom is 0.258 e. The van der Waals surface area contributed by atoms with Gasteiger partial charge in [0.2, 0.25) is 10.0 Å². The number of hydrogen-bond donors (Lipinski definition) is 0. The van der Waals surface area contributed by atoms with Crippen molar-refractivity contribution in [2.24, 2.45) is 0 Å². The van der Waals surface area contributed by atoms with Crippen LogP contribution in [0.25, 0.3) is 0 Å². The predicted octanol–water partition coefficient (Wildman–Crippen LogP) is 4.67. The zero-order valence-corrected chi connectivity index (χ0v) is 20.7. The van der Waals surface area contributed by atoms with E-state index in [0.717, 1.165) is 17.0 Å². The molecule has 32 heavy (non-hydrogen) atoms. The van der Waals surface area contributed by atoms with Crippen LogP contribution in [0, 0.1) is 0 Å².